The predicted octanol–water partition coefficient (Wildman–Crippen LogP) is 1.25. The molecule has 0 saturated carbocycles. The van der Waals surface area contributed by atoms with E-state index in [-0.39, 0.29) is 5.91 Å². The highest BCUT2D eigenvalue weighted by Gasteiger charge is 2.07. The Labute approximate surface area is 129 Å². The largest absolute Gasteiger partial charge is 0.385 e. The highest BCUT2D eigenvalue weighted by atomic mass is 16.5. The number of anilines is 1. The van der Waals surface area contributed by atoms with Crippen molar-refractivity contribution in [2.24, 2.45) is 0 Å². The lowest BCUT2D eigenvalue weighted by atomic mass is 10.3. The van der Waals surface area contributed by atoms with Gasteiger partial charge in [-0.3, -0.25) is 9.78 Å². The number of amides is 1. The van der Waals surface area contributed by atoms with Crippen LogP contribution in [0.25, 0.3) is 0 Å². The molecule has 0 aromatic carbocycles. The van der Waals surface area contributed by atoms with E-state index in [0.29, 0.717) is 31.2 Å². The van der Waals surface area contributed by atoms with Crippen LogP contribution in [0.4, 0.5) is 5.82 Å². The van der Waals surface area contributed by atoms with Crippen LogP contribution in [0, 0.1) is 0 Å². The van der Waals surface area contributed by atoms with E-state index in [1.807, 2.05) is 18.2 Å². The van der Waals surface area contributed by atoms with Crippen LogP contribution in [0.5, 0.6) is 0 Å². The van der Waals surface area contributed by atoms with Gasteiger partial charge in [0.05, 0.1) is 12.2 Å². The summed E-state index contributed by atoms with van der Waals surface area (Å²) in [5.41, 5.74) is 1.20. The number of pyridine rings is 1. The molecule has 7 heteroatoms. The smallest absolute Gasteiger partial charge is 0.271 e. The first-order valence-corrected chi connectivity index (χ1v) is 7.04. The monoisotopic (exact) mass is 301 g/mol. The first kappa shape index (κ1) is 15.8. The van der Waals surface area contributed by atoms with Gasteiger partial charge in [-0.15, -0.1) is 10.2 Å². The van der Waals surface area contributed by atoms with E-state index >= 15 is 0 Å². The number of rotatable bonds is 8. The van der Waals surface area contributed by atoms with Crippen molar-refractivity contribution in [1.82, 2.24) is 20.5 Å². The summed E-state index contributed by atoms with van der Waals surface area (Å²) in [5, 5.41) is 13.8. The van der Waals surface area contributed by atoms with Crippen LogP contribution in [0.15, 0.2) is 36.5 Å². The quantitative estimate of drug-likeness (QED) is 0.713. The number of carbonyl (C=O) groups is 1. The highest BCUT2D eigenvalue weighted by Crippen LogP contribution is 2.04. The molecule has 2 N–H and O–H groups in total. The van der Waals surface area contributed by atoms with E-state index in [1.54, 1.807) is 25.4 Å². The average Bonchev–Trinajstić information content (AvgIpc) is 2.58. The van der Waals surface area contributed by atoms with Gasteiger partial charge in [-0.1, -0.05) is 6.07 Å². The summed E-state index contributed by atoms with van der Waals surface area (Å²) < 4.78 is 4.92. The second kappa shape index (κ2) is 8.68. The minimum atomic E-state index is -0.236. The van der Waals surface area contributed by atoms with E-state index in [2.05, 4.69) is 25.8 Å². The fourth-order valence-electron chi connectivity index (χ4n) is 1.74. The summed E-state index contributed by atoms with van der Waals surface area (Å²) in [7, 11) is 1.63. The molecule has 0 aliphatic heterocycles. The van der Waals surface area contributed by atoms with Gasteiger partial charge in [0.1, 0.15) is 5.82 Å². The van der Waals surface area contributed by atoms with Crippen LogP contribution in [0.1, 0.15) is 22.6 Å². The van der Waals surface area contributed by atoms with E-state index < -0.39 is 0 Å². The molecule has 0 radical (unpaired) electrons. The van der Waals surface area contributed by atoms with Gasteiger partial charge in [-0.25, -0.2) is 0 Å². The van der Waals surface area contributed by atoms with Gasteiger partial charge in [0.15, 0.2) is 5.69 Å². The van der Waals surface area contributed by atoms with E-state index in [9.17, 15) is 4.79 Å². The summed E-state index contributed by atoms with van der Waals surface area (Å²) in [6.07, 6.45) is 2.50. The Morgan fingerprint density at radius 2 is 2.14 bits per heavy atom. The normalized spacial score (nSPS) is 10.2. The molecule has 2 rings (SSSR count). The lowest BCUT2D eigenvalue weighted by Crippen LogP contribution is -2.26. The van der Waals surface area contributed by atoms with Crippen molar-refractivity contribution in [3.8, 4) is 0 Å². The Bertz CT molecular complexity index is 574. The number of nitrogens with zero attached hydrogens (tertiary/aromatic N) is 3. The zero-order valence-electron chi connectivity index (χ0n) is 12.5. The van der Waals surface area contributed by atoms with Crippen molar-refractivity contribution in [2.75, 3.05) is 25.6 Å². The molecular weight excluding hydrogens is 282 g/mol. The zero-order valence-corrected chi connectivity index (χ0v) is 12.5. The van der Waals surface area contributed by atoms with Crippen molar-refractivity contribution in [3.05, 3.63) is 47.9 Å². The van der Waals surface area contributed by atoms with Gasteiger partial charge in [0.2, 0.25) is 0 Å². The number of nitrogens with one attached hydrogen (secondary N) is 2. The number of methoxy groups -OCH3 is 1. The molecule has 0 fully saturated rings. The molecule has 2 aromatic rings. The fourth-order valence-corrected chi connectivity index (χ4v) is 1.74. The Morgan fingerprint density at radius 1 is 1.23 bits per heavy atom. The van der Waals surface area contributed by atoms with Crippen molar-refractivity contribution < 1.29 is 9.53 Å². The summed E-state index contributed by atoms with van der Waals surface area (Å²) >= 11 is 0. The van der Waals surface area contributed by atoms with Crippen LogP contribution in [-0.2, 0) is 11.3 Å². The van der Waals surface area contributed by atoms with Gasteiger partial charge < -0.3 is 15.4 Å². The van der Waals surface area contributed by atoms with Crippen LogP contribution >= 0.6 is 0 Å². The predicted molar refractivity (Wildman–Crippen MR) is 82.4 cm³/mol. The lowest BCUT2D eigenvalue weighted by Gasteiger charge is -2.06. The molecule has 2 heterocycles. The summed E-state index contributed by atoms with van der Waals surface area (Å²) in [6.45, 7) is 1.72. The number of carbonyl (C=O) groups excluding carboxylic acids is 1. The van der Waals surface area contributed by atoms with E-state index in [0.717, 1.165) is 12.1 Å². The zero-order chi connectivity index (χ0) is 15.6. The Kier molecular flexibility index (Phi) is 6.25. The molecule has 0 spiro atoms. The van der Waals surface area contributed by atoms with Crippen LogP contribution in [0.3, 0.4) is 0 Å². The highest BCUT2D eigenvalue weighted by molar-refractivity contribution is 5.92. The maximum Gasteiger partial charge on any atom is 0.271 e. The first-order chi connectivity index (χ1) is 10.8. The van der Waals surface area contributed by atoms with Crippen LogP contribution in [0.2, 0.25) is 0 Å². The van der Waals surface area contributed by atoms with Gasteiger partial charge in [0.25, 0.3) is 5.91 Å². The molecule has 0 atom stereocenters. The number of hydrogen-bond acceptors (Lipinski definition) is 6. The molecular formula is C15H19N5O2. The van der Waals surface area contributed by atoms with Crippen molar-refractivity contribution in [3.63, 3.8) is 0 Å². The minimum absolute atomic E-state index is 0.236. The van der Waals surface area contributed by atoms with Crippen molar-refractivity contribution >= 4 is 11.7 Å². The lowest BCUT2D eigenvalue weighted by molar-refractivity contribution is 0.0942. The summed E-state index contributed by atoms with van der Waals surface area (Å²) in [5.74, 6) is 0.362. The third-order valence-corrected chi connectivity index (χ3v) is 2.88. The second-order valence-electron chi connectivity index (χ2n) is 4.58. The standard InChI is InChI=1S/C15H19N5O2/c1-22-10-4-9-17-15(21)13-6-7-14(20-19-13)18-11-12-5-2-3-8-16-12/h2-3,5-8H,4,9-11H2,1H3,(H,17,21)(H,18,20). The fraction of sp³-hybridized carbons (Fsp3) is 0.333. The molecule has 22 heavy (non-hydrogen) atoms. The first-order valence-electron chi connectivity index (χ1n) is 7.04. The Balaban J connectivity index is 1.81. The van der Waals surface area contributed by atoms with Gasteiger partial charge in [0, 0.05) is 26.5 Å². The minimum Gasteiger partial charge on any atom is -0.385 e. The maximum atomic E-state index is 11.8. The molecule has 7 nitrogen and oxygen atoms in total. The number of hydrogen-bond donors (Lipinski definition) is 2. The third kappa shape index (κ3) is 5.10. The second-order valence-corrected chi connectivity index (χ2v) is 4.58. The van der Waals surface area contributed by atoms with E-state index in [4.69, 9.17) is 4.74 Å². The van der Waals surface area contributed by atoms with Crippen LogP contribution in [-0.4, -0.2) is 41.3 Å². The maximum absolute atomic E-state index is 11.8. The van der Waals surface area contributed by atoms with Crippen molar-refractivity contribution in [1.29, 1.82) is 0 Å². The number of aromatic nitrogens is 3. The third-order valence-electron chi connectivity index (χ3n) is 2.88. The molecule has 1 amide bonds. The topological polar surface area (TPSA) is 89.0 Å². The Morgan fingerprint density at radius 3 is 2.82 bits per heavy atom. The van der Waals surface area contributed by atoms with Gasteiger partial charge >= 0.3 is 0 Å². The average molecular weight is 301 g/mol. The summed E-state index contributed by atoms with van der Waals surface area (Å²) in [4.78, 5) is 16.0. The molecule has 0 bridgehead atoms. The van der Waals surface area contributed by atoms with Crippen LogP contribution < -0.4 is 10.6 Å². The SMILES string of the molecule is COCCCNC(=O)c1ccc(NCc2ccccn2)nn1. The molecule has 2 aromatic heterocycles. The molecule has 0 aliphatic rings. The number of ether oxygens (including phenoxy) is 1. The van der Waals surface area contributed by atoms with E-state index in [1.165, 1.54) is 0 Å². The molecule has 0 aliphatic carbocycles. The molecule has 0 unspecified atom stereocenters. The summed E-state index contributed by atoms with van der Waals surface area (Å²) in [6, 6.07) is 9.07. The van der Waals surface area contributed by atoms with Gasteiger partial charge in [-0.05, 0) is 30.7 Å². The Hall–Kier alpha value is -2.54. The molecule has 116 valence electrons. The van der Waals surface area contributed by atoms with Gasteiger partial charge in [-0.2, -0.15) is 0 Å². The van der Waals surface area contributed by atoms with Crippen molar-refractivity contribution in [2.45, 2.75) is 13.0 Å². The molecule has 0 saturated heterocycles.